The molecule has 0 spiro atoms. The van der Waals surface area contributed by atoms with Gasteiger partial charge in [-0.05, 0) is 30.7 Å². The van der Waals surface area contributed by atoms with Crippen molar-refractivity contribution in [2.24, 2.45) is 10.7 Å². The molecule has 28 heavy (non-hydrogen) atoms. The second-order valence-electron chi connectivity index (χ2n) is 5.60. The van der Waals surface area contributed by atoms with Crippen LogP contribution in [-0.4, -0.2) is 25.0 Å². The lowest BCUT2D eigenvalue weighted by Crippen LogP contribution is -2.36. The summed E-state index contributed by atoms with van der Waals surface area (Å²) < 4.78 is 29.5. The maximum Gasteiger partial charge on any atom is 0.387 e. The number of nitrogens with zero attached hydrogens (tertiary/aromatic N) is 1. The normalized spacial score (nSPS) is 10.9. The average Bonchev–Trinajstić information content (AvgIpc) is 2.65. The molecule has 0 unspecified atom stereocenters. The van der Waals surface area contributed by atoms with Crippen molar-refractivity contribution in [1.82, 2.24) is 10.6 Å². The van der Waals surface area contributed by atoms with E-state index in [0.717, 1.165) is 5.56 Å². The molecule has 2 aromatic carbocycles. The highest BCUT2D eigenvalue weighted by molar-refractivity contribution is 14.0. The molecule has 9 heteroatoms. The van der Waals surface area contributed by atoms with E-state index in [2.05, 4.69) is 20.4 Å². The lowest BCUT2D eigenvalue weighted by Gasteiger charge is -2.14. The summed E-state index contributed by atoms with van der Waals surface area (Å²) in [5.41, 5.74) is 7.10. The summed E-state index contributed by atoms with van der Waals surface area (Å²) >= 11 is 0. The lowest BCUT2D eigenvalue weighted by atomic mass is 10.1. The Balaban J connectivity index is 0.00000392. The molecule has 0 heterocycles. The maximum absolute atomic E-state index is 12.5. The number of halogens is 3. The fourth-order valence-corrected chi connectivity index (χ4v) is 2.37. The largest absolute Gasteiger partial charge is 0.434 e. The number of carbonyl (C=O) groups excluding carboxylic acids is 1. The van der Waals surface area contributed by atoms with Gasteiger partial charge in [0.15, 0.2) is 5.96 Å². The number of rotatable bonds is 8. The predicted molar refractivity (Wildman–Crippen MR) is 115 cm³/mol. The fourth-order valence-electron chi connectivity index (χ4n) is 2.37. The van der Waals surface area contributed by atoms with Crippen LogP contribution < -0.4 is 21.1 Å². The number of carbonyl (C=O) groups is 1. The number of hydrogen-bond acceptors (Lipinski definition) is 3. The molecule has 2 aromatic rings. The molecule has 0 radical (unpaired) electrons. The number of alkyl halides is 2. The van der Waals surface area contributed by atoms with Gasteiger partial charge in [0.2, 0.25) is 5.91 Å². The number of aliphatic imine (C=N–C) groups is 1. The Morgan fingerprint density at radius 2 is 1.93 bits per heavy atom. The van der Waals surface area contributed by atoms with Gasteiger partial charge >= 0.3 is 6.61 Å². The van der Waals surface area contributed by atoms with E-state index in [0.29, 0.717) is 30.2 Å². The second kappa shape index (κ2) is 12.1. The standard InChI is InChI=1S/C19H22F2N4O2.HI/c1-2-23-19(24-11-13-6-5-8-14(10-13)17(22)26)25-12-15-7-3-4-9-16(15)27-18(20)21;/h3-10,18H,2,11-12H2,1H3,(H2,22,26)(H2,23,24,25);1H. The van der Waals surface area contributed by atoms with Crippen molar-refractivity contribution in [1.29, 1.82) is 0 Å². The number of para-hydroxylation sites is 1. The van der Waals surface area contributed by atoms with Crippen LogP contribution in [0.1, 0.15) is 28.4 Å². The topological polar surface area (TPSA) is 88.7 Å². The van der Waals surface area contributed by atoms with Gasteiger partial charge in [0, 0.05) is 24.2 Å². The van der Waals surface area contributed by atoms with Crippen LogP contribution in [0.25, 0.3) is 0 Å². The Kier molecular flexibility index (Phi) is 10.2. The number of primary amides is 1. The second-order valence-corrected chi connectivity index (χ2v) is 5.60. The van der Waals surface area contributed by atoms with Crippen molar-refractivity contribution < 1.29 is 18.3 Å². The minimum absolute atomic E-state index is 0. The molecule has 0 saturated heterocycles. The Morgan fingerprint density at radius 3 is 2.61 bits per heavy atom. The van der Waals surface area contributed by atoms with Gasteiger partial charge in [-0.1, -0.05) is 30.3 Å². The van der Waals surface area contributed by atoms with Crippen LogP contribution in [0.5, 0.6) is 5.75 Å². The molecule has 4 N–H and O–H groups in total. The number of nitrogens with two attached hydrogens (primary N) is 1. The van der Waals surface area contributed by atoms with Crippen LogP contribution in [0.15, 0.2) is 53.5 Å². The third kappa shape index (κ3) is 7.67. The highest BCUT2D eigenvalue weighted by atomic mass is 127. The van der Waals surface area contributed by atoms with Crippen molar-refractivity contribution in [2.45, 2.75) is 26.6 Å². The van der Waals surface area contributed by atoms with E-state index in [1.165, 1.54) is 6.07 Å². The quantitative estimate of drug-likeness (QED) is 0.293. The molecule has 0 saturated carbocycles. The number of ether oxygens (including phenoxy) is 1. The molecule has 6 nitrogen and oxygen atoms in total. The number of amides is 1. The number of benzene rings is 2. The molecule has 0 aliphatic rings. The zero-order valence-electron chi connectivity index (χ0n) is 15.3. The van der Waals surface area contributed by atoms with Crippen molar-refractivity contribution in [3.63, 3.8) is 0 Å². The van der Waals surface area contributed by atoms with E-state index in [1.807, 2.05) is 13.0 Å². The first kappa shape index (κ1) is 23.6. The van der Waals surface area contributed by atoms with Crippen LogP contribution in [0, 0.1) is 0 Å². The highest BCUT2D eigenvalue weighted by Gasteiger charge is 2.09. The summed E-state index contributed by atoms with van der Waals surface area (Å²) in [5.74, 6) is 0.125. The summed E-state index contributed by atoms with van der Waals surface area (Å²) in [7, 11) is 0. The molecule has 0 aromatic heterocycles. The molecule has 0 bridgehead atoms. The van der Waals surface area contributed by atoms with Crippen LogP contribution >= 0.6 is 24.0 Å². The van der Waals surface area contributed by atoms with Crippen molar-refractivity contribution in [3.8, 4) is 5.75 Å². The minimum Gasteiger partial charge on any atom is -0.434 e. The summed E-state index contributed by atoms with van der Waals surface area (Å²) in [6, 6.07) is 13.5. The molecule has 0 atom stereocenters. The monoisotopic (exact) mass is 504 g/mol. The lowest BCUT2D eigenvalue weighted by molar-refractivity contribution is -0.0504. The van der Waals surface area contributed by atoms with Gasteiger partial charge in [-0.15, -0.1) is 24.0 Å². The number of nitrogens with one attached hydrogen (secondary N) is 2. The van der Waals surface area contributed by atoms with Gasteiger partial charge in [-0.25, -0.2) is 4.99 Å². The van der Waals surface area contributed by atoms with Crippen LogP contribution in [0.4, 0.5) is 8.78 Å². The molecule has 1 amide bonds. The first-order valence-electron chi connectivity index (χ1n) is 8.43. The van der Waals surface area contributed by atoms with Crippen LogP contribution in [0.2, 0.25) is 0 Å². The molecular formula is C19H23F2IN4O2. The van der Waals surface area contributed by atoms with Gasteiger partial charge < -0.3 is 21.1 Å². The van der Waals surface area contributed by atoms with Crippen molar-refractivity contribution in [3.05, 3.63) is 65.2 Å². The Morgan fingerprint density at radius 1 is 1.18 bits per heavy atom. The first-order valence-corrected chi connectivity index (χ1v) is 8.43. The minimum atomic E-state index is -2.88. The number of hydrogen-bond donors (Lipinski definition) is 3. The average molecular weight is 504 g/mol. The van der Waals surface area contributed by atoms with E-state index in [9.17, 15) is 13.6 Å². The zero-order valence-corrected chi connectivity index (χ0v) is 17.7. The van der Waals surface area contributed by atoms with E-state index < -0.39 is 12.5 Å². The van der Waals surface area contributed by atoms with Gasteiger partial charge in [-0.3, -0.25) is 4.79 Å². The Hall–Kier alpha value is -2.43. The number of guanidine groups is 1. The van der Waals surface area contributed by atoms with Crippen molar-refractivity contribution >= 4 is 35.8 Å². The third-order valence-electron chi connectivity index (χ3n) is 3.61. The van der Waals surface area contributed by atoms with Crippen LogP contribution in [0.3, 0.4) is 0 Å². The molecule has 0 aliphatic heterocycles. The summed E-state index contributed by atoms with van der Waals surface area (Å²) in [6.45, 7) is 0.244. The molecule has 0 aliphatic carbocycles. The van der Waals surface area contributed by atoms with Gasteiger partial charge in [0.25, 0.3) is 0 Å². The summed E-state index contributed by atoms with van der Waals surface area (Å²) in [4.78, 5) is 15.7. The van der Waals surface area contributed by atoms with E-state index in [4.69, 9.17) is 5.73 Å². The van der Waals surface area contributed by atoms with E-state index in [1.54, 1.807) is 36.4 Å². The van der Waals surface area contributed by atoms with Gasteiger partial charge in [0.1, 0.15) is 5.75 Å². The smallest absolute Gasteiger partial charge is 0.387 e. The summed E-state index contributed by atoms with van der Waals surface area (Å²) in [5, 5.41) is 6.16. The molecule has 0 fully saturated rings. The van der Waals surface area contributed by atoms with Crippen molar-refractivity contribution in [2.75, 3.05) is 6.54 Å². The zero-order chi connectivity index (χ0) is 19.6. The highest BCUT2D eigenvalue weighted by Crippen LogP contribution is 2.19. The van der Waals surface area contributed by atoms with E-state index >= 15 is 0 Å². The van der Waals surface area contributed by atoms with E-state index in [-0.39, 0.29) is 36.3 Å². The Bertz CT molecular complexity index is 803. The SMILES string of the molecule is CCNC(=NCc1cccc(C(N)=O)c1)NCc1ccccc1OC(F)F.I. The van der Waals surface area contributed by atoms with Gasteiger partial charge in [0.05, 0.1) is 6.54 Å². The first-order chi connectivity index (χ1) is 13.0. The molecule has 152 valence electrons. The fraction of sp³-hybridized carbons (Fsp3) is 0.263. The van der Waals surface area contributed by atoms with Crippen LogP contribution in [-0.2, 0) is 13.1 Å². The molecule has 2 rings (SSSR count). The maximum atomic E-state index is 12.5. The predicted octanol–water partition coefficient (Wildman–Crippen LogP) is 3.26. The van der Waals surface area contributed by atoms with Gasteiger partial charge in [-0.2, -0.15) is 8.78 Å². The summed E-state index contributed by atoms with van der Waals surface area (Å²) in [6.07, 6.45) is 0. The Labute approximate surface area is 179 Å². The molecular weight excluding hydrogens is 481 g/mol. The third-order valence-corrected chi connectivity index (χ3v) is 3.61.